The van der Waals surface area contributed by atoms with E-state index in [1.165, 1.54) is 43.7 Å². The number of alkyl halides is 3. The molecule has 45 heavy (non-hydrogen) atoms. The zero-order chi connectivity index (χ0) is 34.3. The third-order valence-corrected chi connectivity index (χ3v) is 6.36. The number of aryl methyl sites for hydroxylation is 2. The third-order valence-electron chi connectivity index (χ3n) is 5.53. The predicted molar refractivity (Wildman–Crippen MR) is 182 cm³/mol. The number of carbonyl (C=O) groups excluding carboxylic acids is 1. The minimum atomic E-state index is -4.51. The number of hydrogen-bond donors (Lipinski definition) is 1. The van der Waals surface area contributed by atoms with Gasteiger partial charge in [-0.25, -0.2) is 9.97 Å². The molecule has 0 aliphatic rings. The molecule has 0 bridgehead atoms. The Kier molecular flexibility index (Phi) is 22.3. The average Bonchev–Trinajstić information content (AvgIpc) is 3.41. The molecule has 2 aromatic heterocycles. The van der Waals surface area contributed by atoms with E-state index in [1.54, 1.807) is 24.4 Å². The van der Waals surface area contributed by atoms with Crippen LogP contribution >= 0.6 is 11.3 Å². The van der Waals surface area contributed by atoms with Crippen molar-refractivity contribution in [2.45, 2.75) is 87.2 Å². The summed E-state index contributed by atoms with van der Waals surface area (Å²) in [6.07, 6.45) is 3.10. The van der Waals surface area contributed by atoms with Gasteiger partial charge in [0.25, 0.3) is 5.91 Å². The topological polar surface area (TPSA) is 67.3 Å². The van der Waals surface area contributed by atoms with E-state index in [1.807, 2.05) is 20.8 Å². The van der Waals surface area contributed by atoms with Crippen molar-refractivity contribution < 1.29 is 22.7 Å². The molecule has 6 nitrogen and oxygen atoms in total. The third kappa shape index (κ3) is 19.0. The van der Waals surface area contributed by atoms with E-state index in [0.717, 1.165) is 53.4 Å². The monoisotopic (exact) mass is 648 g/mol. The van der Waals surface area contributed by atoms with Crippen LogP contribution in [0, 0.1) is 25.7 Å². The highest BCUT2D eigenvalue weighted by molar-refractivity contribution is 7.12. The van der Waals surface area contributed by atoms with Crippen LogP contribution in [0.4, 0.5) is 19.0 Å². The van der Waals surface area contributed by atoms with Gasteiger partial charge < -0.3 is 15.0 Å². The van der Waals surface area contributed by atoms with Crippen LogP contribution in [0.2, 0.25) is 0 Å². The molecule has 1 amide bonds. The summed E-state index contributed by atoms with van der Waals surface area (Å²) in [6, 6.07) is 6.55. The summed E-state index contributed by atoms with van der Waals surface area (Å²) in [6.45, 7) is 20.8. The fourth-order valence-corrected chi connectivity index (χ4v) is 4.10. The van der Waals surface area contributed by atoms with Crippen molar-refractivity contribution in [2.75, 3.05) is 38.7 Å². The minimum absolute atomic E-state index is 0.173. The molecular weight excluding hydrogens is 597 g/mol. The quantitative estimate of drug-likeness (QED) is 0.185. The molecule has 250 valence electrons. The van der Waals surface area contributed by atoms with Gasteiger partial charge in [-0.2, -0.15) is 13.2 Å². The van der Waals surface area contributed by atoms with E-state index in [9.17, 15) is 18.0 Å². The number of ether oxygens (including phenoxy) is 1. The van der Waals surface area contributed by atoms with Gasteiger partial charge in [-0.05, 0) is 95.9 Å². The van der Waals surface area contributed by atoms with Gasteiger partial charge in [0.05, 0.1) is 21.6 Å². The number of amides is 1. The molecule has 0 saturated heterocycles. The van der Waals surface area contributed by atoms with Crippen molar-refractivity contribution in [3.8, 4) is 11.8 Å². The zero-order valence-corrected chi connectivity index (χ0v) is 29.2. The van der Waals surface area contributed by atoms with Gasteiger partial charge in [-0.3, -0.25) is 4.79 Å². The Morgan fingerprint density at radius 1 is 0.956 bits per heavy atom. The van der Waals surface area contributed by atoms with Crippen LogP contribution in [-0.2, 0) is 10.9 Å². The summed E-state index contributed by atoms with van der Waals surface area (Å²) >= 11 is 1.46. The summed E-state index contributed by atoms with van der Waals surface area (Å²) in [5.74, 6) is 5.27. The minimum Gasteiger partial charge on any atom is -0.382 e. The van der Waals surface area contributed by atoms with Crippen molar-refractivity contribution in [2.24, 2.45) is 0 Å². The van der Waals surface area contributed by atoms with Crippen molar-refractivity contribution in [3.63, 3.8) is 0 Å². The molecule has 1 N–H and O–H groups in total. The van der Waals surface area contributed by atoms with Gasteiger partial charge in [0, 0.05) is 30.5 Å². The molecule has 10 heteroatoms. The standard InChI is InChI=1S/C20H14F3N3OS.C7H17N.C5H12O.C3H8/c1-12-3-4-15(9-14(12)5-6-17-11-25-13(2)28-17)19(27)26-18-10-16(7-8-24-18)20(21,22)23;1-4-6-8(3)7-5-2;1-3-5-6-4-2;1-3-2/h3-4,7-11H,1-2H3,(H,24,26,27);4-7H2,1-3H3;3-5H2,1-2H3;3H2,1-2H3. The van der Waals surface area contributed by atoms with E-state index in [-0.39, 0.29) is 11.4 Å². The Bertz CT molecular complexity index is 1290. The number of benzene rings is 1. The number of hydrogen-bond acceptors (Lipinski definition) is 6. The van der Waals surface area contributed by atoms with Crippen LogP contribution in [0.25, 0.3) is 0 Å². The molecular formula is C35H51F3N4O2S. The van der Waals surface area contributed by atoms with E-state index in [4.69, 9.17) is 4.74 Å². The summed E-state index contributed by atoms with van der Waals surface area (Å²) < 4.78 is 43.4. The first-order valence-electron chi connectivity index (χ1n) is 15.5. The summed E-state index contributed by atoms with van der Waals surface area (Å²) in [7, 11) is 2.17. The van der Waals surface area contributed by atoms with E-state index in [2.05, 4.69) is 73.7 Å². The Labute approximate surface area is 272 Å². The highest BCUT2D eigenvalue weighted by Crippen LogP contribution is 2.30. The number of halogens is 3. The molecule has 1 aromatic carbocycles. The number of nitrogens with zero attached hydrogens (tertiary/aromatic N) is 3. The number of nitrogens with one attached hydrogen (secondary N) is 1. The number of rotatable bonds is 9. The first kappa shape index (κ1) is 41.7. The first-order chi connectivity index (χ1) is 21.4. The number of thiazole rings is 1. The second kappa shape index (κ2) is 24.0. The molecule has 0 unspecified atom stereocenters. The first-order valence-corrected chi connectivity index (χ1v) is 16.3. The molecule has 0 fully saturated rings. The second-order valence-corrected chi connectivity index (χ2v) is 11.3. The fourth-order valence-electron chi connectivity index (χ4n) is 3.47. The Morgan fingerprint density at radius 3 is 2.09 bits per heavy atom. The SMILES string of the molecule is CCC.CCCN(C)CCC.CCCOCC.Cc1ncc(C#Cc2cc(C(=O)Nc3cc(C(F)(F)F)ccn3)ccc2C)s1. The molecule has 3 rings (SSSR count). The van der Waals surface area contributed by atoms with E-state index in [0.29, 0.717) is 5.56 Å². The van der Waals surface area contributed by atoms with Crippen molar-refractivity contribution in [3.05, 3.63) is 74.9 Å². The maximum atomic E-state index is 12.8. The van der Waals surface area contributed by atoms with Crippen molar-refractivity contribution in [1.82, 2.24) is 14.9 Å². The Morgan fingerprint density at radius 2 is 1.60 bits per heavy atom. The largest absolute Gasteiger partial charge is 0.416 e. The Hall–Kier alpha value is -3.26. The van der Waals surface area contributed by atoms with Crippen LogP contribution in [0.15, 0.2) is 42.7 Å². The van der Waals surface area contributed by atoms with Crippen LogP contribution in [0.1, 0.15) is 104 Å². The van der Waals surface area contributed by atoms with Gasteiger partial charge in [-0.1, -0.05) is 53.0 Å². The molecule has 2 heterocycles. The maximum absolute atomic E-state index is 12.8. The van der Waals surface area contributed by atoms with Crippen molar-refractivity contribution >= 4 is 23.1 Å². The van der Waals surface area contributed by atoms with Crippen molar-refractivity contribution in [1.29, 1.82) is 0 Å². The number of pyridine rings is 1. The zero-order valence-electron chi connectivity index (χ0n) is 28.4. The fraction of sp³-hybridized carbons (Fsp3) is 0.514. The lowest BCUT2D eigenvalue weighted by Gasteiger charge is -2.12. The number of aromatic nitrogens is 2. The lowest BCUT2D eigenvalue weighted by Crippen LogP contribution is -2.19. The normalized spacial score (nSPS) is 10.2. The van der Waals surface area contributed by atoms with Gasteiger partial charge >= 0.3 is 6.18 Å². The van der Waals surface area contributed by atoms with E-state index >= 15 is 0 Å². The molecule has 0 radical (unpaired) electrons. The van der Waals surface area contributed by atoms with Crippen LogP contribution in [-0.4, -0.2) is 54.1 Å². The van der Waals surface area contributed by atoms with Crippen LogP contribution < -0.4 is 5.32 Å². The van der Waals surface area contributed by atoms with Crippen LogP contribution in [0.3, 0.4) is 0 Å². The summed E-state index contributed by atoms with van der Waals surface area (Å²) in [5.41, 5.74) is 0.917. The van der Waals surface area contributed by atoms with Crippen LogP contribution in [0.5, 0.6) is 0 Å². The molecule has 0 atom stereocenters. The lowest BCUT2D eigenvalue weighted by atomic mass is 10.0. The summed E-state index contributed by atoms with van der Waals surface area (Å²) in [5, 5.41) is 3.29. The summed E-state index contributed by atoms with van der Waals surface area (Å²) in [4.78, 5) is 23.5. The van der Waals surface area contributed by atoms with Gasteiger partial charge in [-0.15, -0.1) is 11.3 Å². The molecule has 0 spiro atoms. The molecule has 0 aliphatic heterocycles. The molecule has 0 aliphatic carbocycles. The van der Waals surface area contributed by atoms with Gasteiger partial charge in [0.2, 0.25) is 0 Å². The highest BCUT2D eigenvalue weighted by Gasteiger charge is 2.30. The van der Waals surface area contributed by atoms with E-state index < -0.39 is 17.6 Å². The predicted octanol–water partition coefficient (Wildman–Crippen LogP) is 9.41. The van der Waals surface area contributed by atoms with Gasteiger partial charge in [0.1, 0.15) is 5.82 Å². The smallest absolute Gasteiger partial charge is 0.382 e. The lowest BCUT2D eigenvalue weighted by molar-refractivity contribution is -0.137. The molecule has 0 saturated carbocycles. The number of anilines is 1. The number of carbonyl (C=O) groups is 1. The average molecular weight is 649 g/mol. The van der Waals surface area contributed by atoms with Gasteiger partial charge in [0.15, 0.2) is 0 Å². The second-order valence-electron chi connectivity index (χ2n) is 10.1. The Balaban J connectivity index is 0.000000937. The highest BCUT2D eigenvalue weighted by atomic mass is 32.1. The molecule has 3 aromatic rings. The maximum Gasteiger partial charge on any atom is 0.416 e.